The van der Waals surface area contributed by atoms with Crippen LogP contribution >= 0.6 is 27.3 Å². The number of hydrogen-bond donors (Lipinski definition) is 1. The van der Waals surface area contributed by atoms with Crippen LogP contribution in [0.2, 0.25) is 0 Å². The maximum absolute atomic E-state index is 4.27. The predicted octanol–water partition coefficient (Wildman–Crippen LogP) is 4.60. The van der Waals surface area contributed by atoms with Crippen molar-refractivity contribution >= 4 is 27.3 Å². The number of hydrogen-bond acceptors (Lipinski definition) is 3. The molecule has 2 nitrogen and oxygen atoms in total. The third-order valence-electron chi connectivity index (χ3n) is 4.82. The maximum atomic E-state index is 4.27. The van der Waals surface area contributed by atoms with Crippen molar-refractivity contribution in [3.05, 3.63) is 15.0 Å². The average molecular weight is 343 g/mol. The van der Waals surface area contributed by atoms with Gasteiger partial charge in [0.15, 0.2) is 3.92 Å². The van der Waals surface area contributed by atoms with Gasteiger partial charge in [-0.05, 0) is 72.7 Å². The molecule has 0 radical (unpaired) electrons. The van der Waals surface area contributed by atoms with E-state index in [0.29, 0.717) is 5.54 Å². The number of rotatable bonds is 3. The Bertz CT molecular complexity index is 437. The molecule has 0 aromatic carbocycles. The molecule has 0 saturated heterocycles. The van der Waals surface area contributed by atoms with Gasteiger partial charge in [0, 0.05) is 23.2 Å². The standard InChI is InChI=1S/C15H23BrN2S/c1-10-3-11-4-12(5-11)7-15(2,6-10)18-9-13-8-17-14(16)19-13/h8,10-12,18H,3-7,9H2,1-2H3. The SMILES string of the molecule is CC1CC2CC(C2)CC(C)(NCc2cnc(Br)s2)C1. The van der Waals surface area contributed by atoms with Crippen LogP contribution in [0.3, 0.4) is 0 Å². The van der Waals surface area contributed by atoms with Crippen LogP contribution in [0.15, 0.2) is 10.1 Å². The first-order valence-corrected chi connectivity index (χ1v) is 8.98. The highest BCUT2D eigenvalue weighted by molar-refractivity contribution is 9.11. The average Bonchev–Trinajstić information content (AvgIpc) is 2.67. The lowest BCUT2D eigenvalue weighted by atomic mass is 9.62. The first kappa shape index (κ1) is 14.0. The van der Waals surface area contributed by atoms with Crippen LogP contribution in [-0.2, 0) is 6.54 Å². The van der Waals surface area contributed by atoms with Gasteiger partial charge in [0.2, 0.25) is 0 Å². The normalized spacial score (nSPS) is 38.4. The Morgan fingerprint density at radius 3 is 2.84 bits per heavy atom. The summed E-state index contributed by atoms with van der Waals surface area (Å²) in [6.07, 6.45) is 9.06. The molecule has 4 rings (SSSR count). The first-order valence-electron chi connectivity index (χ1n) is 7.38. The van der Waals surface area contributed by atoms with Crippen LogP contribution in [-0.4, -0.2) is 10.5 Å². The van der Waals surface area contributed by atoms with Gasteiger partial charge in [-0.3, -0.25) is 0 Å². The molecule has 3 aliphatic carbocycles. The van der Waals surface area contributed by atoms with Crippen molar-refractivity contribution in [2.45, 2.75) is 58.0 Å². The maximum Gasteiger partial charge on any atom is 0.159 e. The third kappa shape index (κ3) is 3.40. The number of nitrogens with zero attached hydrogens (tertiary/aromatic N) is 1. The van der Waals surface area contributed by atoms with E-state index in [1.807, 2.05) is 6.20 Å². The molecule has 3 aliphatic rings. The summed E-state index contributed by atoms with van der Waals surface area (Å²) in [6, 6.07) is 0. The first-order chi connectivity index (χ1) is 9.02. The van der Waals surface area contributed by atoms with Crippen LogP contribution in [0.4, 0.5) is 0 Å². The monoisotopic (exact) mass is 342 g/mol. The summed E-state index contributed by atoms with van der Waals surface area (Å²) in [6.45, 7) is 5.82. The highest BCUT2D eigenvalue weighted by atomic mass is 79.9. The van der Waals surface area contributed by atoms with Crippen molar-refractivity contribution in [3.63, 3.8) is 0 Å². The fourth-order valence-electron chi connectivity index (χ4n) is 4.19. The van der Waals surface area contributed by atoms with Gasteiger partial charge in [-0.2, -0.15) is 0 Å². The van der Waals surface area contributed by atoms with E-state index in [1.54, 1.807) is 11.3 Å². The lowest BCUT2D eigenvalue weighted by Crippen LogP contribution is -2.48. The van der Waals surface area contributed by atoms with E-state index in [9.17, 15) is 0 Å². The summed E-state index contributed by atoms with van der Waals surface area (Å²) < 4.78 is 0.988. The number of thiazole rings is 1. The van der Waals surface area contributed by atoms with E-state index >= 15 is 0 Å². The molecule has 106 valence electrons. The third-order valence-corrected chi connectivity index (χ3v) is 6.30. The van der Waals surface area contributed by atoms with E-state index in [-0.39, 0.29) is 0 Å². The quantitative estimate of drug-likeness (QED) is 0.868. The Morgan fingerprint density at radius 2 is 2.16 bits per heavy atom. The topological polar surface area (TPSA) is 24.9 Å². The van der Waals surface area contributed by atoms with E-state index in [4.69, 9.17) is 0 Å². The molecule has 3 fully saturated rings. The van der Waals surface area contributed by atoms with Crippen LogP contribution in [0.1, 0.15) is 50.8 Å². The van der Waals surface area contributed by atoms with E-state index in [0.717, 1.165) is 28.2 Å². The second kappa shape index (κ2) is 5.45. The minimum Gasteiger partial charge on any atom is -0.307 e. The molecule has 3 saturated carbocycles. The Labute approximate surface area is 128 Å². The Hall–Kier alpha value is 0.0700. The molecule has 1 aromatic heterocycles. The minimum atomic E-state index is 0.311. The van der Waals surface area contributed by atoms with E-state index in [2.05, 4.69) is 40.1 Å². The zero-order chi connectivity index (χ0) is 13.5. The molecule has 2 atom stereocenters. The molecule has 1 aromatic rings. The molecule has 2 bridgehead atoms. The van der Waals surface area contributed by atoms with Crippen molar-refractivity contribution in [1.82, 2.24) is 10.3 Å². The van der Waals surface area contributed by atoms with Gasteiger partial charge < -0.3 is 5.32 Å². The molecule has 2 unspecified atom stereocenters. The van der Waals surface area contributed by atoms with Crippen molar-refractivity contribution in [3.8, 4) is 0 Å². The number of aromatic nitrogens is 1. The Balaban J connectivity index is 1.62. The largest absolute Gasteiger partial charge is 0.307 e. The van der Waals surface area contributed by atoms with Crippen LogP contribution in [0.25, 0.3) is 0 Å². The van der Waals surface area contributed by atoms with Crippen molar-refractivity contribution < 1.29 is 0 Å². The predicted molar refractivity (Wildman–Crippen MR) is 84.3 cm³/mol. The summed E-state index contributed by atoms with van der Waals surface area (Å²) in [5.74, 6) is 2.88. The molecule has 4 heteroatoms. The highest BCUT2D eigenvalue weighted by Crippen LogP contribution is 2.47. The number of nitrogens with one attached hydrogen (secondary N) is 1. The Kier molecular flexibility index (Phi) is 4.03. The molecular weight excluding hydrogens is 320 g/mol. The smallest absolute Gasteiger partial charge is 0.159 e. The lowest BCUT2D eigenvalue weighted by molar-refractivity contribution is 0.0703. The molecule has 1 heterocycles. The summed E-state index contributed by atoms with van der Waals surface area (Å²) >= 11 is 5.18. The zero-order valence-corrected chi connectivity index (χ0v) is 14.2. The summed E-state index contributed by atoms with van der Waals surface area (Å²) in [5.41, 5.74) is 0.311. The van der Waals surface area contributed by atoms with E-state index < -0.39 is 0 Å². The summed E-state index contributed by atoms with van der Waals surface area (Å²) in [5, 5.41) is 3.83. The fraction of sp³-hybridized carbons (Fsp3) is 0.800. The van der Waals surface area contributed by atoms with Crippen molar-refractivity contribution in [1.29, 1.82) is 0 Å². The van der Waals surface area contributed by atoms with Crippen molar-refractivity contribution in [2.24, 2.45) is 17.8 Å². The zero-order valence-electron chi connectivity index (χ0n) is 11.8. The van der Waals surface area contributed by atoms with E-state index in [1.165, 1.54) is 37.0 Å². The van der Waals surface area contributed by atoms with Gasteiger partial charge in [-0.15, -0.1) is 11.3 Å². The molecule has 0 spiro atoms. The number of fused-ring (bicyclic) bond motifs is 4. The fourth-order valence-corrected chi connectivity index (χ4v) is 5.48. The van der Waals surface area contributed by atoms with Crippen LogP contribution < -0.4 is 5.32 Å². The molecular formula is C15H23BrN2S. The Morgan fingerprint density at radius 1 is 1.37 bits per heavy atom. The van der Waals surface area contributed by atoms with Crippen LogP contribution in [0.5, 0.6) is 0 Å². The van der Waals surface area contributed by atoms with Gasteiger partial charge in [-0.25, -0.2) is 4.98 Å². The van der Waals surface area contributed by atoms with Crippen molar-refractivity contribution in [2.75, 3.05) is 0 Å². The van der Waals surface area contributed by atoms with Gasteiger partial charge >= 0.3 is 0 Å². The molecule has 0 amide bonds. The second-order valence-electron chi connectivity index (χ2n) is 6.95. The molecule has 0 aliphatic heterocycles. The summed E-state index contributed by atoms with van der Waals surface area (Å²) in [4.78, 5) is 5.60. The van der Waals surface area contributed by atoms with Gasteiger partial charge in [0.25, 0.3) is 0 Å². The lowest BCUT2D eigenvalue weighted by Gasteiger charge is -2.47. The molecule has 19 heavy (non-hydrogen) atoms. The minimum absolute atomic E-state index is 0.311. The second-order valence-corrected chi connectivity index (χ2v) is 9.34. The summed E-state index contributed by atoms with van der Waals surface area (Å²) in [7, 11) is 0. The van der Waals surface area contributed by atoms with Crippen LogP contribution in [0, 0.1) is 17.8 Å². The molecule has 1 N–H and O–H groups in total. The number of halogens is 1. The van der Waals surface area contributed by atoms with Gasteiger partial charge in [0.05, 0.1) is 0 Å². The highest BCUT2D eigenvalue weighted by Gasteiger charge is 2.40. The van der Waals surface area contributed by atoms with Gasteiger partial charge in [-0.1, -0.05) is 6.92 Å². The van der Waals surface area contributed by atoms with Gasteiger partial charge in [0.1, 0.15) is 0 Å².